The lowest BCUT2D eigenvalue weighted by molar-refractivity contribution is 0.0617. The molecule has 2 unspecified atom stereocenters. The molecule has 1 aliphatic rings. The summed E-state index contributed by atoms with van der Waals surface area (Å²) in [7, 11) is 5.87. The zero-order valence-electron chi connectivity index (χ0n) is 13.7. The number of ether oxygens (including phenoxy) is 1. The summed E-state index contributed by atoms with van der Waals surface area (Å²) < 4.78 is 5.27. The van der Waals surface area contributed by atoms with E-state index in [1.807, 2.05) is 12.1 Å². The van der Waals surface area contributed by atoms with E-state index >= 15 is 0 Å². The van der Waals surface area contributed by atoms with E-state index in [0.717, 1.165) is 43.8 Å². The van der Waals surface area contributed by atoms with E-state index in [2.05, 4.69) is 36.9 Å². The number of aliphatic hydroxyl groups is 1. The second-order valence-electron chi connectivity index (χ2n) is 6.07. The smallest absolute Gasteiger partial charge is 0.119 e. The first-order chi connectivity index (χ1) is 10.1. The van der Waals surface area contributed by atoms with Gasteiger partial charge in [-0.2, -0.15) is 0 Å². The summed E-state index contributed by atoms with van der Waals surface area (Å²) in [5, 5.41) is 10.7. The summed E-state index contributed by atoms with van der Waals surface area (Å²) in [5.74, 6) is 0.823. The Morgan fingerprint density at radius 3 is 2.67 bits per heavy atom. The molecule has 0 fully saturated rings. The van der Waals surface area contributed by atoms with Crippen LogP contribution < -0.4 is 4.74 Å². The number of fused-ring (bicyclic) bond motifs is 1. The minimum absolute atomic E-state index is 0.194. The number of aliphatic hydroxyl groups excluding tert-OH is 1. The van der Waals surface area contributed by atoms with Gasteiger partial charge in [0.05, 0.1) is 13.2 Å². The van der Waals surface area contributed by atoms with E-state index in [0.29, 0.717) is 0 Å². The van der Waals surface area contributed by atoms with Crippen molar-refractivity contribution < 1.29 is 9.84 Å². The highest BCUT2D eigenvalue weighted by Crippen LogP contribution is 2.36. The average Bonchev–Trinajstić information content (AvgIpc) is 2.80. The highest BCUT2D eigenvalue weighted by atomic mass is 16.5. The molecule has 0 heterocycles. The predicted octanol–water partition coefficient (Wildman–Crippen LogP) is 1.93. The molecular weight excluding hydrogens is 264 g/mol. The average molecular weight is 292 g/mol. The Bertz CT molecular complexity index is 462. The molecule has 0 radical (unpaired) electrons. The van der Waals surface area contributed by atoms with E-state index in [1.165, 1.54) is 5.56 Å². The first kappa shape index (κ1) is 16.3. The standard InChI is InChI=1S/C17H28N2O2/c1-5-19(10-6-9-18(2)3)16-11-13-7-8-14(21-4)12-15(13)17(16)20/h7-8,12,16-17,20H,5-6,9-11H2,1-4H3. The Hall–Kier alpha value is -1.10. The van der Waals surface area contributed by atoms with E-state index in [9.17, 15) is 5.11 Å². The molecular formula is C17H28N2O2. The van der Waals surface area contributed by atoms with Gasteiger partial charge in [-0.05, 0) is 69.8 Å². The van der Waals surface area contributed by atoms with Crippen LogP contribution in [0.2, 0.25) is 0 Å². The number of methoxy groups -OCH3 is 1. The molecule has 0 aliphatic heterocycles. The van der Waals surface area contributed by atoms with Crippen LogP contribution >= 0.6 is 0 Å². The minimum atomic E-state index is -0.408. The van der Waals surface area contributed by atoms with E-state index in [-0.39, 0.29) is 6.04 Å². The molecule has 118 valence electrons. The highest BCUT2D eigenvalue weighted by molar-refractivity contribution is 5.41. The fraction of sp³-hybridized carbons (Fsp3) is 0.647. The molecule has 4 nitrogen and oxygen atoms in total. The van der Waals surface area contributed by atoms with Crippen molar-refractivity contribution in [2.45, 2.75) is 31.9 Å². The van der Waals surface area contributed by atoms with Gasteiger partial charge >= 0.3 is 0 Å². The molecule has 1 aliphatic carbocycles. The summed E-state index contributed by atoms with van der Waals surface area (Å²) in [5.41, 5.74) is 2.28. The van der Waals surface area contributed by atoms with Gasteiger partial charge < -0.3 is 14.7 Å². The monoisotopic (exact) mass is 292 g/mol. The summed E-state index contributed by atoms with van der Waals surface area (Å²) in [4.78, 5) is 4.61. The maximum absolute atomic E-state index is 10.7. The van der Waals surface area contributed by atoms with Crippen LogP contribution in [0.4, 0.5) is 0 Å². The van der Waals surface area contributed by atoms with Crippen molar-refractivity contribution in [3.05, 3.63) is 29.3 Å². The van der Waals surface area contributed by atoms with Crippen LogP contribution in [0.25, 0.3) is 0 Å². The molecule has 0 spiro atoms. The molecule has 0 aromatic heterocycles. The van der Waals surface area contributed by atoms with Gasteiger partial charge in [0.2, 0.25) is 0 Å². The van der Waals surface area contributed by atoms with Crippen molar-refractivity contribution in [2.24, 2.45) is 0 Å². The van der Waals surface area contributed by atoms with E-state index in [1.54, 1.807) is 7.11 Å². The van der Waals surface area contributed by atoms with Gasteiger partial charge in [-0.1, -0.05) is 13.0 Å². The van der Waals surface area contributed by atoms with Crippen LogP contribution in [0.5, 0.6) is 5.75 Å². The number of benzene rings is 1. The van der Waals surface area contributed by atoms with Crippen molar-refractivity contribution in [1.82, 2.24) is 9.80 Å². The predicted molar refractivity (Wildman–Crippen MR) is 85.9 cm³/mol. The fourth-order valence-corrected chi connectivity index (χ4v) is 3.18. The number of rotatable bonds is 7. The normalized spacial score (nSPS) is 21.1. The van der Waals surface area contributed by atoms with Crippen molar-refractivity contribution in [2.75, 3.05) is 40.8 Å². The number of hydrogen-bond donors (Lipinski definition) is 1. The fourth-order valence-electron chi connectivity index (χ4n) is 3.18. The number of hydrogen-bond acceptors (Lipinski definition) is 4. The second-order valence-corrected chi connectivity index (χ2v) is 6.07. The van der Waals surface area contributed by atoms with Gasteiger partial charge in [0.15, 0.2) is 0 Å². The Labute approximate surface area is 128 Å². The number of likely N-dealkylation sites (N-methyl/N-ethyl adjacent to an activating group) is 1. The van der Waals surface area contributed by atoms with Crippen LogP contribution in [-0.2, 0) is 6.42 Å². The van der Waals surface area contributed by atoms with Crippen molar-refractivity contribution in [1.29, 1.82) is 0 Å². The molecule has 21 heavy (non-hydrogen) atoms. The van der Waals surface area contributed by atoms with E-state index < -0.39 is 6.10 Å². The molecule has 0 saturated heterocycles. The van der Waals surface area contributed by atoms with Gasteiger partial charge in [0.25, 0.3) is 0 Å². The van der Waals surface area contributed by atoms with Crippen molar-refractivity contribution in [3.63, 3.8) is 0 Å². The van der Waals surface area contributed by atoms with Gasteiger partial charge in [-0.3, -0.25) is 4.90 Å². The van der Waals surface area contributed by atoms with Crippen molar-refractivity contribution in [3.8, 4) is 5.75 Å². The SMILES string of the molecule is CCN(CCCN(C)C)C1Cc2ccc(OC)cc2C1O. The molecule has 2 rings (SSSR count). The van der Waals surface area contributed by atoms with Gasteiger partial charge in [-0.15, -0.1) is 0 Å². The lowest BCUT2D eigenvalue weighted by Crippen LogP contribution is -2.39. The van der Waals surface area contributed by atoms with Crippen LogP contribution in [0.15, 0.2) is 18.2 Å². The van der Waals surface area contributed by atoms with Crippen LogP contribution in [-0.4, -0.2) is 61.8 Å². The number of nitrogens with zero attached hydrogens (tertiary/aromatic N) is 2. The molecule has 4 heteroatoms. The molecule has 1 aromatic carbocycles. The largest absolute Gasteiger partial charge is 0.497 e. The summed E-state index contributed by atoms with van der Waals surface area (Å²) in [6, 6.07) is 6.24. The topological polar surface area (TPSA) is 35.9 Å². The Morgan fingerprint density at radius 1 is 1.29 bits per heavy atom. The third kappa shape index (κ3) is 3.76. The molecule has 0 saturated carbocycles. The molecule has 1 N–H and O–H groups in total. The minimum Gasteiger partial charge on any atom is -0.497 e. The molecule has 2 atom stereocenters. The first-order valence-corrected chi connectivity index (χ1v) is 7.80. The summed E-state index contributed by atoms with van der Waals surface area (Å²) in [6.45, 7) is 5.26. The summed E-state index contributed by atoms with van der Waals surface area (Å²) >= 11 is 0. The second kappa shape index (κ2) is 7.25. The molecule has 0 bridgehead atoms. The van der Waals surface area contributed by atoms with Crippen LogP contribution in [0, 0.1) is 0 Å². The Kier molecular flexibility index (Phi) is 5.62. The maximum Gasteiger partial charge on any atom is 0.119 e. The zero-order valence-corrected chi connectivity index (χ0v) is 13.7. The van der Waals surface area contributed by atoms with Crippen LogP contribution in [0.1, 0.15) is 30.6 Å². The van der Waals surface area contributed by atoms with Gasteiger partial charge in [0, 0.05) is 6.04 Å². The zero-order chi connectivity index (χ0) is 15.4. The molecule has 0 amide bonds. The Balaban J connectivity index is 2.04. The lowest BCUT2D eigenvalue weighted by Gasteiger charge is -2.30. The quantitative estimate of drug-likeness (QED) is 0.833. The van der Waals surface area contributed by atoms with Crippen LogP contribution in [0.3, 0.4) is 0 Å². The third-order valence-corrected chi connectivity index (χ3v) is 4.39. The van der Waals surface area contributed by atoms with Gasteiger partial charge in [0.1, 0.15) is 5.75 Å². The Morgan fingerprint density at radius 2 is 2.05 bits per heavy atom. The third-order valence-electron chi connectivity index (χ3n) is 4.39. The van der Waals surface area contributed by atoms with Crippen molar-refractivity contribution >= 4 is 0 Å². The van der Waals surface area contributed by atoms with E-state index in [4.69, 9.17) is 4.74 Å². The molecule has 1 aromatic rings. The highest BCUT2D eigenvalue weighted by Gasteiger charge is 2.34. The summed E-state index contributed by atoms with van der Waals surface area (Å²) in [6.07, 6.45) is 1.65. The first-order valence-electron chi connectivity index (χ1n) is 7.80. The van der Waals surface area contributed by atoms with Gasteiger partial charge in [-0.25, -0.2) is 0 Å². The lowest BCUT2D eigenvalue weighted by atomic mass is 10.1. The maximum atomic E-state index is 10.7.